The van der Waals surface area contributed by atoms with E-state index in [1.165, 1.54) is 0 Å². The first-order valence-electron chi connectivity index (χ1n) is 4.53. The third-order valence-electron chi connectivity index (χ3n) is 1.64. The molecule has 0 atom stereocenters. The highest BCUT2D eigenvalue weighted by atomic mass is 17.2. The van der Waals surface area contributed by atoms with Crippen molar-refractivity contribution < 1.29 is 14.5 Å². The average Bonchev–Trinajstić information content (AvgIpc) is 2.24. The quantitative estimate of drug-likeness (QED) is 0.546. The van der Waals surface area contributed by atoms with Crippen LogP contribution in [0.3, 0.4) is 0 Å². The van der Waals surface area contributed by atoms with E-state index in [1.807, 2.05) is 0 Å². The van der Waals surface area contributed by atoms with Gasteiger partial charge in [-0.25, -0.2) is 9.78 Å². The number of hydrogen-bond acceptors (Lipinski definition) is 5. The van der Waals surface area contributed by atoms with Crippen LogP contribution in [-0.2, 0) is 14.5 Å². The molecule has 2 fully saturated rings. The van der Waals surface area contributed by atoms with Crippen LogP contribution in [-0.4, -0.2) is 39.5 Å². The van der Waals surface area contributed by atoms with E-state index < -0.39 is 0 Å². The molecule has 0 aromatic heterocycles. The van der Waals surface area contributed by atoms with Crippen molar-refractivity contribution in [3.8, 4) is 0 Å². The van der Waals surface area contributed by atoms with Gasteiger partial charge in [-0.15, -0.1) is 0 Å². The maximum absolute atomic E-state index is 5.01. The fourth-order valence-corrected chi connectivity index (χ4v) is 0.956. The minimum Gasteiger partial charge on any atom is -0.379 e. The Morgan fingerprint density at radius 2 is 1.31 bits per heavy atom. The maximum Gasteiger partial charge on any atom is 0.0823 e. The maximum atomic E-state index is 5.01. The van der Waals surface area contributed by atoms with Gasteiger partial charge >= 0.3 is 0 Å². The normalized spacial score (nSPS) is 22.2. The van der Waals surface area contributed by atoms with Crippen LogP contribution >= 0.6 is 0 Å². The summed E-state index contributed by atoms with van der Waals surface area (Å²) in [5.41, 5.74) is 0. The van der Waals surface area contributed by atoms with Gasteiger partial charge in [0.1, 0.15) is 0 Å². The Bertz CT molecular complexity index is 60.4. The van der Waals surface area contributed by atoms with Crippen LogP contribution in [0.4, 0.5) is 0 Å². The number of nitrogens with one attached hydrogen (secondary N) is 1. The van der Waals surface area contributed by atoms with Crippen molar-refractivity contribution in [1.29, 1.82) is 0 Å². The van der Waals surface area contributed by atoms with Gasteiger partial charge in [-0.05, 0) is 12.8 Å². The van der Waals surface area contributed by atoms with Gasteiger partial charge in [0.25, 0.3) is 0 Å². The standard InChI is InChI=1S/C4H9NO.C4H8O2.H3N/c1-3-6-4-2-5-1;1-2-4-6-5-3-1;/h5H,1-4H2;1-4H2;1H3. The van der Waals surface area contributed by atoms with Crippen LogP contribution < -0.4 is 11.5 Å². The largest absolute Gasteiger partial charge is 0.379 e. The van der Waals surface area contributed by atoms with E-state index in [2.05, 4.69) is 15.1 Å². The topological polar surface area (TPSA) is 74.7 Å². The lowest BCUT2D eigenvalue weighted by molar-refractivity contribution is -0.312. The summed E-state index contributed by atoms with van der Waals surface area (Å²) in [6, 6.07) is 0. The molecule has 0 amide bonds. The zero-order chi connectivity index (χ0) is 8.49. The van der Waals surface area contributed by atoms with Crippen molar-refractivity contribution in [3.63, 3.8) is 0 Å². The van der Waals surface area contributed by atoms with Gasteiger partial charge in [0.05, 0.1) is 26.4 Å². The zero-order valence-electron chi connectivity index (χ0n) is 8.09. The number of rotatable bonds is 0. The summed E-state index contributed by atoms with van der Waals surface area (Å²) in [6.07, 6.45) is 2.31. The summed E-state index contributed by atoms with van der Waals surface area (Å²) in [5, 5.41) is 3.16. The first kappa shape index (κ1) is 12.8. The third-order valence-corrected chi connectivity index (χ3v) is 1.64. The van der Waals surface area contributed by atoms with Crippen LogP contribution in [0, 0.1) is 0 Å². The predicted octanol–water partition coefficient (Wildman–Crippen LogP) is 0.497. The highest BCUT2D eigenvalue weighted by Gasteiger charge is 1.95. The molecule has 5 nitrogen and oxygen atoms in total. The van der Waals surface area contributed by atoms with Gasteiger partial charge in [-0.2, -0.15) is 0 Å². The molecule has 0 aliphatic carbocycles. The molecule has 0 aromatic carbocycles. The lowest BCUT2D eigenvalue weighted by atomic mass is 10.3. The molecule has 2 rings (SSSR count). The van der Waals surface area contributed by atoms with Crippen molar-refractivity contribution in [2.45, 2.75) is 12.8 Å². The molecule has 80 valence electrons. The fraction of sp³-hybridized carbons (Fsp3) is 1.00. The van der Waals surface area contributed by atoms with Crippen LogP contribution in [0.1, 0.15) is 12.8 Å². The van der Waals surface area contributed by atoms with Crippen molar-refractivity contribution in [1.82, 2.24) is 11.5 Å². The Morgan fingerprint density at radius 1 is 0.769 bits per heavy atom. The van der Waals surface area contributed by atoms with E-state index in [-0.39, 0.29) is 6.15 Å². The monoisotopic (exact) mass is 192 g/mol. The second kappa shape index (κ2) is 9.88. The molecule has 13 heavy (non-hydrogen) atoms. The minimum atomic E-state index is 0. The molecule has 2 saturated heterocycles. The summed E-state index contributed by atoms with van der Waals surface area (Å²) in [4.78, 5) is 9.14. The molecule has 2 aliphatic heterocycles. The van der Waals surface area contributed by atoms with E-state index in [0.717, 1.165) is 52.4 Å². The smallest absolute Gasteiger partial charge is 0.0823 e. The molecule has 0 bridgehead atoms. The predicted molar refractivity (Wildman–Crippen MR) is 49.8 cm³/mol. The Balaban J connectivity index is 0.000000206. The molecule has 0 aromatic rings. The molecule has 0 radical (unpaired) electrons. The first-order valence-corrected chi connectivity index (χ1v) is 4.53. The molecular formula is C8H20N2O3. The SMILES string of the molecule is C1CCOOC1.C1COCCN1.N. The molecule has 4 N–H and O–H groups in total. The molecule has 0 saturated carbocycles. The summed E-state index contributed by atoms with van der Waals surface area (Å²) >= 11 is 0. The van der Waals surface area contributed by atoms with Crippen LogP contribution in [0.2, 0.25) is 0 Å². The minimum absolute atomic E-state index is 0. The fourth-order valence-electron chi connectivity index (χ4n) is 0.956. The van der Waals surface area contributed by atoms with Crippen molar-refractivity contribution >= 4 is 0 Å². The first-order chi connectivity index (χ1) is 6.00. The van der Waals surface area contributed by atoms with E-state index in [1.54, 1.807) is 0 Å². The molecule has 2 aliphatic rings. The van der Waals surface area contributed by atoms with Crippen molar-refractivity contribution in [3.05, 3.63) is 0 Å². The molecular weight excluding hydrogens is 172 g/mol. The van der Waals surface area contributed by atoms with Gasteiger partial charge < -0.3 is 16.2 Å². The van der Waals surface area contributed by atoms with Gasteiger partial charge in [-0.1, -0.05) is 0 Å². The molecule has 5 heteroatoms. The highest BCUT2D eigenvalue weighted by molar-refractivity contribution is 4.49. The molecule has 0 unspecified atom stereocenters. The van der Waals surface area contributed by atoms with Gasteiger partial charge in [0, 0.05) is 13.1 Å². The second-order valence-electron chi connectivity index (χ2n) is 2.71. The number of hydrogen-bond donors (Lipinski definition) is 2. The molecule has 0 spiro atoms. The van der Waals surface area contributed by atoms with Gasteiger partial charge in [0.15, 0.2) is 0 Å². The lowest BCUT2D eigenvalue weighted by Gasteiger charge is -2.10. The summed E-state index contributed by atoms with van der Waals surface area (Å²) < 4.78 is 5.01. The van der Waals surface area contributed by atoms with Crippen molar-refractivity contribution in [2.24, 2.45) is 0 Å². The summed E-state index contributed by atoms with van der Waals surface area (Å²) in [5.74, 6) is 0. The van der Waals surface area contributed by atoms with Crippen LogP contribution in [0.5, 0.6) is 0 Å². The Labute approximate surface area is 79.2 Å². The summed E-state index contributed by atoms with van der Waals surface area (Å²) in [7, 11) is 0. The van der Waals surface area contributed by atoms with E-state index in [0.29, 0.717) is 0 Å². The van der Waals surface area contributed by atoms with E-state index in [4.69, 9.17) is 4.74 Å². The van der Waals surface area contributed by atoms with E-state index in [9.17, 15) is 0 Å². The second-order valence-corrected chi connectivity index (χ2v) is 2.71. The zero-order valence-corrected chi connectivity index (χ0v) is 8.09. The van der Waals surface area contributed by atoms with Crippen LogP contribution in [0.15, 0.2) is 0 Å². The Kier molecular flexibility index (Phi) is 9.73. The Morgan fingerprint density at radius 3 is 1.46 bits per heavy atom. The molecule has 2 heterocycles. The lowest BCUT2D eigenvalue weighted by Crippen LogP contribution is -2.30. The van der Waals surface area contributed by atoms with Crippen LogP contribution in [0.25, 0.3) is 0 Å². The number of ether oxygens (including phenoxy) is 1. The number of morpholine rings is 1. The highest BCUT2D eigenvalue weighted by Crippen LogP contribution is 1.97. The van der Waals surface area contributed by atoms with Gasteiger partial charge in [0.2, 0.25) is 0 Å². The Hall–Kier alpha value is -0.200. The summed E-state index contributed by atoms with van der Waals surface area (Å²) in [6.45, 7) is 5.39. The van der Waals surface area contributed by atoms with Gasteiger partial charge in [-0.3, -0.25) is 0 Å². The van der Waals surface area contributed by atoms with Crippen molar-refractivity contribution in [2.75, 3.05) is 39.5 Å². The third kappa shape index (κ3) is 8.14. The average molecular weight is 192 g/mol. The van der Waals surface area contributed by atoms with E-state index >= 15 is 0 Å².